The number of aryl methyl sites for hydroxylation is 1. The molecule has 0 unspecified atom stereocenters. The van der Waals surface area contributed by atoms with Crippen LogP contribution >= 0.6 is 0 Å². The van der Waals surface area contributed by atoms with Crippen LogP contribution in [-0.4, -0.2) is 65.8 Å². The number of aromatic nitrogens is 2. The van der Waals surface area contributed by atoms with Gasteiger partial charge in [-0.15, -0.1) is 0 Å². The molecule has 0 saturated carbocycles. The van der Waals surface area contributed by atoms with Crippen LogP contribution in [-0.2, 0) is 10.0 Å². The van der Waals surface area contributed by atoms with Crippen LogP contribution in [0.2, 0.25) is 0 Å². The van der Waals surface area contributed by atoms with Crippen molar-refractivity contribution in [1.29, 1.82) is 0 Å². The van der Waals surface area contributed by atoms with Crippen LogP contribution in [0.5, 0.6) is 5.88 Å². The summed E-state index contributed by atoms with van der Waals surface area (Å²) in [5, 5.41) is 0. The number of piperidine rings is 1. The Morgan fingerprint density at radius 2 is 1.77 bits per heavy atom. The third kappa shape index (κ3) is 4.96. The predicted molar refractivity (Wildman–Crippen MR) is 113 cm³/mol. The molecule has 0 N–H and O–H groups in total. The molecule has 1 fully saturated rings. The zero-order valence-corrected chi connectivity index (χ0v) is 18.4. The fourth-order valence-electron chi connectivity index (χ4n) is 3.51. The number of amides is 1. The summed E-state index contributed by atoms with van der Waals surface area (Å²) in [5.74, 6) is 1.11. The third-order valence-electron chi connectivity index (χ3n) is 5.21. The van der Waals surface area contributed by atoms with E-state index in [0.717, 1.165) is 0 Å². The zero-order valence-electron chi connectivity index (χ0n) is 17.6. The molecule has 0 aliphatic carbocycles. The fourth-order valence-corrected chi connectivity index (χ4v) is 4.97. The minimum atomic E-state index is -3.53. The number of hydrogen-bond donors (Lipinski definition) is 0. The Balaban J connectivity index is 1.60. The SMILES string of the molecule is CCN(CC)S(=O)(=O)c1ccc(C(=O)N2CCC(Oc3ccnc(C)n3)CC2)cc1. The van der Waals surface area contributed by atoms with E-state index in [1.807, 2.05) is 6.92 Å². The van der Waals surface area contributed by atoms with E-state index >= 15 is 0 Å². The highest BCUT2D eigenvalue weighted by Gasteiger charge is 2.26. The molecule has 2 heterocycles. The van der Waals surface area contributed by atoms with Gasteiger partial charge in [0.05, 0.1) is 4.90 Å². The number of hydrogen-bond acceptors (Lipinski definition) is 6. The molecule has 30 heavy (non-hydrogen) atoms. The fraction of sp³-hybridized carbons (Fsp3) is 0.476. The van der Waals surface area contributed by atoms with Gasteiger partial charge in [-0.3, -0.25) is 4.79 Å². The second kappa shape index (κ2) is 9.53. The first-order valence-corrected chi connectivity index (χ1v) is 11.6. The standard InChI is InChI=1S/C21H28N4O4S/c1-4-25(5-2)30(27,28)19-8-6-17(7-9-19)21(26)24-14-11-18(12-15-24)29-20-10-13-22-16(3)23-20/h6-10,13,18H,4-5,11-12,14-15H2,1-3H3. The van der Waals surface area contributed by atoms with Crippen LogP contribution < -0.4 is 4.74 Å². The smallest absolute Gasteiger partial charge is 0.253 e. The van der Waals surface area contributed by atoms with Crippen molar-refractivity contribution in [2.24, 2.45) is 0 Å². The monoisotopic (exact) mass is 432 g/mol. The third-order valence-corrected chi connectivity index (χ3v) is 7.28. The number of carbonyl (C=O) groups is 1. The summed E-state index contributed by atoms with van der Waals surface area (Å²) in [6.45, 7) is 7.39. The van der Waals surface area contributed by atoms with Crippen molar-refractivity contribution < 1.29 is 17.9 Å². The van der Waals surface area contributed by atoms with Gasteiger partial charge in [0, 0.05) is 56.8 Å². The highest BCUT2D eigenvalue weighted by Crippen LogP contribution is 2.20. The first-order chi connectivity index (χ1) is 14.3. The van der Waals surface area contributed by atoms with Gasteiger partial charge in [-0.1, -0.05) is 13.8 Å². The van der Waals surface area contributed by atoms with Gasteiger partial charge < -0.3 is 9.64 Å². The molecule has 2 aromatic rings. The lowest BCUT2D eigenvalue weighted by Gasteiger charge is -2.32. The molecule has 0 atom stereocenters. The molecule has 0 spiro atoms. The number of likely N-dealkylation sites (tertiary alicyclic amines) is 1. The van der Waals surface area contributed by atoms with E-state index in [4.69, 9.17) is 4.74 Å². The molecule has 1 saturated heterocycles. The van der Waals surface area contributed by atoms with E-state index in [0.29, 0.717) is 56.3 Å². The van der Waals surface area contributed by atoms with E-state index in [2.05, 4.69) is 9.97 Å². The molecule has 3 rings (SSSR count). The van der Waals surface area contributed by atoms with Crippen molar-refractivity contribution in [3.8, 4) is 5.88 Å². The second-order valence-electron chi connectivity index (χ2n) is 7.17. The Bertz CT molecular complexity index is 967. The molecular formula is C21H28N4O4S. The highest BCUT2D eigenvalue weighted by molar-refractivity contribution is 7.89. The number of carbonyl (C=O) groups excluding carboxylic acids is 1. The summed E-state index contributed by atoms with van der Waals surface area (Å²) in [7, 11) is -3.53. The Morgan fingerprint density at radius 3 is 2.33 bits per heavy atom. The molecule has 8 nitrogen and oxygen atoms in total. The Kier molecular flexibility index (Phi) is 7.04. The van der Waals surface area contributed by atoms with E-state index in [-0.39, 0.29) is 16.9 Å². The minimum absolute atomic E-state index is 0.00457. The topological polar surface area (TPSA) is 92.7 Å². The minimum Gasteiger partial charge on any atom is -0.474 e. The summed E-state index contributed by atoms with van der Waals surface area (Å²) in [6, 6.07) is 7.93. The van der Waals surface area contributed by atoms with Crippen LogP contribution in [0.25, 0.3) is 0 Å². The van der Waals surface area contributed by atoms with E-state index < -0.39 is 10.0 Å². The number of benzene rings is 1. The molecule has 0 bridgehead atoms. The molecule has 1 aliphatic heterocycles. The summed E-state index contributed by atoms with van der Waals surface area (Å²) in [6.07, 6.45) is 3.09. The maximum atomic E-state index is 12.8. The Labute approximate surface area is 177 Å². The predicted octanol–water partition coefficient (Wildman–Crippen LogP) is 2.50. The van der Waals surface area contributed by atoms with Crippen LogP contribution in [0.15, 0.2) is 41.4 Å². The van der Waals surface area contributed by atoms with Gasteiger partial charge in [-0.2, -0.15) is 9.29 Å². The Hall–Kier alpha value is -2.52. The van der Waals surface area contributed by atoms with Gasteiger partial charge in [-0.05, 0) is 31.2 Å². The number of ether oxygens (including phenoxy) is 1. The van der Waals surface area contributed by atoms with Crippen molar-refractivity contribution in [3.63, 3.8) is 0 Å². The molecule has 162 valence electrons. The first-order valence-electron chi connectivity index (χ1n) is 10.2. The molecular weight excluding hydrogens is 404 g/mol. The average Bonchev–Trinajstić information content (AvgIpc) is 2.74. The molecule has 1 aliphatic rings. The quantitative estimate of drug-likeness (QED) is 0.667. The molecule has 9 heteroatoms. The van der Waals surface area contributed by atoms with Crippen LogP contribution in [0.4, 0.5) is 0 Å². The Morgan fingerprint density at radius 1 is 1.13 bits per heavy atom. The van der Waals surface area contributed by atoms with Crippen LogP contribution in [0.3, 0.4) is 0 Å². The molecule has 1 amide bonds. The highest BCUT2D eigenvalue weighted by atomic mass is 32.2. The van der Waals surface area contributed by atoms with E-state index in [9.17, 15) is 13.2 Å². The maximum Gasteiger partial charge on any atom is 0.253 e. The molecule has 1 aromatic carbocycles. The van der Waals surface area contributed by atoms with Gasteiger partial charge >= 0.3 is 0 Å². The van der Waals surface area contributed by atoms with Gasteiger partial charge in [0.2, 0.25) is 15.9 Å². The van der Waals surface area contributed by atoms with Crippen molar-refractivity contribution in [2.45, 2.75) is 44.6 Å². The van der Waals surface area contributed by atoms with E-state index in [1.54, 1.807) is 43.1 Å². The van der Waals surface area contributed by atoms with Crippen molar-refractivity contribution >= 4 is 15.9 Å². The van der Waals surface area contributed by atoms with Gasteiger partial charge in [0.25, 0.3) is 5.91 Å². The van der Waals surface area contributed by atoms with E-state index in [1.165, 1.54) is 16.4 Å². The van der Waals surface area contributed by atoms with Crippen molar-refractivity contribution in [1.82, 2.24) is 19.2 Å². The van der Waals surface area contributed by atoms with Crippen LogP contribution in [0.1, 0.15) is 42.9 Å². The van der Waals surface area contributed by atoms with Gasteiger partial charge in [0.15, 0.2) is 0 Å². The van der Waals surface area contributed by atoms with Crippen LogP contribution in [0, 0.1) is 6.92 Å². The van der Waals surface area contributed by atoms with Crippen molar-refractivity contribution in [2.75, 3.05) is 26.2 Å². The van der Waals surface area contributed by atoms with Gasteiger partial charge in [-0.25, -0.2) is 13.4 Å². The zero-order chi connectivity index (χ0) is 21.7. The summed E-state index contributed by atoms with van der Waals surface area (Å²) >= 11 is 0. The molecule has 1 aromatic heterocycles. The number of nitrogens with zero attached hydrogens (tertiary/aromatic N) is 4. The lowest BCUT2D eigenvalue weighted by Crippen LogP contribution is -2.41. The number of sulfonamides is 1. The summed E-state index contributed by atoms with van der Waals surface area (Å²) in [4.78, 5) is 23.1. The lowest BCUT2D eigenvalue weighted by molar-refractivity contribution is 0.0587. The van der Waals surface area contributed by atoms with Crippen molar-refractivity contribution in [3.05, 3.63) is 47.9 Å². The average molecular weight is 433 g/mol. The largest absolute Gasteiger partial charge is 0.474 e. The second-order valence-corrected chi connectivity index (χ2v) is 9.10. The number of rotatable bonds is 7. The first kappa shape index (κ1) is 22.2. The summed E-state index contributed by atoms with van der Waals surface area (Å²) < 4.78 is 32.5. The normalized spacial score (nSPS) is 15.4. The lowest BCUT2D eigenvalue weighted by atomic mass is 10.1. The molecule has 0 radical (unpaired) electrons. The van der Waals surface area contributed by atoms with Gasteiger partial charge in [0.1, 0.15) is 11.9 Å². The summed E-state index contributed by atoms with van der Waals surface area (Å²) in [5.41, 5.74) is 0.485. The maximum absolute atomic E-state index is 12.8.